The molecular formula is C23H32ClN3O3. The lowest BCUT2D eigenvalue weighted by atomic mass is 10.1. The predicted octanol–water partition coefficient (Wildman–Crippen LogP) is 3.43. The standard InChI is InChI=1S/C23H31N3O3.ClH/c1-29-22-11-5-3-9-20(22)26-16-14-25(15-17-26)13-7-6-12-23(28)24-18-19-8-2-4-10-21(19)27;/h2-5,8-11,27H,6-7,12-18H2,1H3,(H,24,28);1H. The number of nitrogens with one attached hydrogen (secondary N) is 1. The molecule has 1 heterocycles. The van der Waals surface area contributed by atoms with Gasteiger partial charge in [0.25, 0.3) is 0 Å². The minimum Gasteiger partial charge on any atom is -0.508 e. The molecule has 3 rings (SSSR count). The Hall–Kier alpha value is -2.44. The van der Waals surface area contributed by atoms with Crippen LogP contribution in [0.4, 0.5) is 5.69 Å². The van der Waals surface area contributed by atoms with Crippen LogP contribution < -0.4 is 15.0 Å². The second-order valence-corrected chi connectivity index (χ2v) is 7.36. The summed E-state index contributed by atoms with van der Waals surface area (Å²) in [7, 11) is 1.72. The number of aromatic hydroxyl groups is 1. The SMILES string of the molecule is COc1ccccc1N1CCN(CCCCC(=O)NCc2ccccc2O)CC1.Cl. The van der Waals surface area contributed by atoms with Crippen LogP contribution in [-0.4, -0.2) is 55.7 Å². The zero-order valence-corrected chi connectivity index (χ0v) is 18.4. The van der Waals surface area contributed by atoms with Crippen molar-refractivity contribution in [1.29, 1.82) is 0 Å². The van der Waals surface area contributed by atoms with Gasteiger partial charge in [-0.3, -0.25) is 9.69 Å². The van der Waals surface area contributed by atoms with Gasteiger partial charge in [-0.1, -0.05) is 30.3 Å². The first-order valence-electron chi connectivity index (χ1n) is 10.3. The molecule has 1 saturated heterocycles. The van der Waals surface area contributed by atoms with E-state index >= 15 is 0 Å². The van der Waals surface area contributed by atoms with E-state index in [9.17, 15) is 9.90 Å². The van der Waals surface area contributed by atoms with Gasteiger partial charge in [-0.05, 0) is 37.6 Å². The quantitative estimate of drug-likeness (QED) is 0.593. The molecule has 1 fully saturated rings. The molecule has 0 bridgehead atoms. The zero-order valence-electron chi connectivity index (χ0n) is 17.5. The van der Waals surface area contributed by atoms with Crippen molar-refractivity contribution in [1.82, 2.24) is 10.2 Å². The summed E-state index contributed by atoms with van der Waals surface area (Å²) in [6.45, 7) is 5.42. The highest BCUT2D eigenvalue weighted by Crippen LogP contribution is 2.28. The number of carbonyl (C=O) groups is 1. The molecule has 0 atom stereocenters. The maximum atomic E-state index is 12.0. The van der Waals surface area contributed by atoms with E-state index in [4.69, 9.17) is 4.74 Å². The van der Waals surface area contributed by atoms with Gasteiger partial charge in [0.05, 0.1) is 12.8 Å². The second-order valence-electron chi connectivity index (χ2n) is 7.36. The molecule has 7 heteroatoms. The smallest absolute Gasteiger partial charge is 0.220 e. The van der Waals surface area contributed by atoms with Crippen molar-refractivity contribution in [3.8, 4) is 11.5 Å². The summed E-state index contributed by atoms with van der Waals surface area (Å²) in [5, 5.41) is 12.6. The Labute approximate surface area is 185 Å². The van der Waals surface area contributed by atoms with Crippen LogP contribution in [0.5, 0.6) is 11.5 Å². The van der Waals surface area contributed by atoms with Crippen LogP contribution in [-0.2, 0) is 11.3 Å². The Morgan fingerprint density at radius 3 is 2.47 bits per heavy atom. The number of anilines is 1. The van der Waals surface area contributed by atoms with Gasteiger partial charge in [0.2, 0.25) is 5.91 Å². The van der Waals surface area contributed by atoms with Gasteiger partial charge in [-0.25, -0.2) is 0 Å². The van der Waals surface area contributed by atoms with E-state index in [1.807, 2.05) is 24.3 Å². The fourth-order valence-corrected chi connectivity index (χ4v) is 3.67. The number of phenols is 1. The highest BCUT2D eigenvalue weighted by molar-refractivity contribution is 5.85. The number of carbonyl (C=O) groups excluding carboxylic acids is 1. The van der Waals surface area contributed by atoms with Gasteiger partial charge < -0.3 is 20.1 Å². The van der Waals surface area contributed by atoms with Crippen LogP contribution in [0.25, 0.3) is 0 Å². The predicted molar refractivity (Wildman–Crippen MR) is 123 cm³/mol. The normalized spacial score (nSPS) is 14.1. The summed E-state index contributed by atoms with van der Waals surface area (Å²) < 4.78 is 5.47. The molecule has 1 aliphatic heterocycles. The Morgan fingerprint density at radius 2 is 1.73 bits per heavy atom. The molecule has 0 aliphatic carbocycles. The van der Waals surface area contributed by atoms with Gasteiger partial charge >= 0.3 is 0 Å². The van der Waals surface area contributed by atoms with Gasteiger partial charge in [-0.15, -0.1) is 12.4 Å². The van der Waals surface area contributed by atoms with E-state index in [1.165, 1.54) is 0 Å². The van der Waals surface area contributed by atoms with Crippen molar-refractivity contribution < 1.29 is 14.6 Å². The molecule has 0 spiro atoms. The largest absolute Gasteiger partial charge is 0.508 e. The lowest BCUT2D eigenvalue weighted by Crippen LogP contribution is -2.46. The maximum absolute atomic E-state index is 12.0. The molecule has 6 nitrogen and oxygen atoms in total. The number of amides is 1. The first-order valence-corrected chi connectivity index (χ1v) is 10.3. The number of hydrogen-bond donors (Lipinski definition) is 2. The van der Waals surface area contributed by atoms with Crippen LogP contribution >= 0.6 is 12.4 Å². The van der Waals surface area contributed by atoms with Crippen LogP contribution in [0.1, 0.15) is 24.8 Å². The third kappa shape index (κ3) is 6.82. The number of unbranched alkanes of at least 4 members (excludes halogenated alkanes) is 1. The first kappa shape index (κ1) is 23.8. The number of halogens is 1. The third-order valence-electron chi connectivity index (χ3n) is 5.39. The van der Waals surface area contributed by atoms with E-state index < -0.39 is 0 Å². The second kappa shape index (κ2) is 12.3. The van der Waals surface area contributed by atoms with Gasteiger partial charge in [0, 0.05) is 44.7 Å². The number of hydrogen-bond acceptors (Lipinski definition) is 5. The lowest BCUT2D eigenvalue weighted by Gasteiger charge is -2.36. The summed E-state index contributed by atoms with van der Waals surface area (Å²) in [5.74, 6) is 1.19. The average Bonchev–Trinajstić information content (AvgIpc) is 2.76. The molecule has 1 aliphatic rings. The topological polar surface area (TPSA) is 65.0 Å². The first-order chi connectivity index (χ1) is 14.2. The monoisotopic (exact) mass is 433 g/mol. The Bertz CT molecular complexity index is 795. The third-order valence-corrected chi connectivity index (χ3v) is 5.39. The molecule has 0 aromatic heterocycles. The van der Waals surface area contributed by atoms with E-state index in [0.29, 0.717) is 13.0 Å². The van der Waals surface area contributed by atoms with Crippen molar-refractivity contribution in [2.45, 2.75) is 25.8 Å². The highest BCUT2D eigenvalue weighted by Gasteiger charge is 2.19. The zero-order chi connectivity index (χ0) is 20.5. The summed E-state index contributed by atoms with van der Waals surface area (Å²) in [4.78, 5) is 16.9. The van der Waals surface area contributed by atoms with Crippen LogP contribution in [0.3, 0.4) is 0 Å². The number of nitrogens with zero attached hydrogens (tertiary/aromatic N) is 2. The van der Waals surface area contributed by atoms with Crippen molar-refractivity contribution in [3.63, 3.8) is 0 Å². The molecule has 30 heavy (non-hydrogen) atoms. The number of phenolic OH excluding ortho intramolecular Hbond substituents is 1. The minimum atomic E-state index is 0. The van der Waals surface area contributed by atoms with E-state index in [0.717, 1.165) is 62.6 Å². The molecular weight excluding hydrogens is 402 g/mol. The van der Waals surface area contributed by atoms with E-state index in [1.54, 1.807) is 19.2 Å². The highest BCUT2D eigenvalue weighted by atomic mass is 35.5. The molecule has 2 aromatic rings. The molecule has 1 amide bonds. The summed E-state index contributed by atoms with van der Waals surface area (Å²) >= 11 is 0. The molecule has 2 N–H and O–H groups in total. The average molecular weight is 434 g/mol. The molecule has 0 saturated carbocycles. The van der Waals surface area contributed by atoms with E-state index in [2.05, 4.69) is 27.2 Å². The fraction of sp³-hybridized carbons (Fsp3) is 0.435. The van der Waals surface area contributed by atoms with Gasteiger partial charge in [0.1, 0.15) is 11.5 Å². The molecule has 164 valence electrons. The van der Waals surface area contributed by atoms with Gasteiger partial charge in [-0.2, -0.15) is 0 Å². The molecule has 0 unspecified atom stereocenters. The van der Waals surface area contributed by atoms with Crippen molar-refractivity contribution in [2.75, 3.05) is 44.7 Å². The summed E-state index contributed by atoms with van der Waals surface area (Å²) in [5.41, 5.74) is 1.91. The number of piperazine rings is 1. The van der Waals surface area contributed by atoms with Crippen LogP contribution in [0.2, 0.25) is 0 Å². The number of para-hydroxylation sites is 3. The van der Waals surface area contributed by atoms with Crippen molar-refractivity contribution in [2.24, 2.45) is 0 Å². The number of benzene rings is 2. The molecule has 0 radical (unpaired) electrons. The Morgan fingerprint density at radius 1 is 1.03 bits per heavy atom. The summed E-state index contributed by atoms with van der Waals surface area (Å²) in [6, 6.07) is 15.3. The van der Waals surface area contributed by atoms with Crippen molar-refractivity contribution >= 4 is 24.0 Å². The number of rotatable bonds is 9. The number of methoxy groups -OCH3 is 1. The van der Waals surface area contributed by atoms with Crippen LogP contribution in [0.15, 0.2) is 48.5 Å². The van der Waals surface area contributed by atoms with Gasteiger partial charge in [0.15, 0.2) is 0 Å². The Balaban J connectivity index is 0.00000320. The van der Waals surface area contributed by atoms with Crippen LogP contribution in [0, 0.1) is 0 Å². The van der Waals surface area contributed by atoms with Crippen molar-refractivity contribution in [3.05, 3.63) is 54.1 Å². The summed E-state index contributed by atoms with van der Waals surface area (Å²) in [6.07, 6.45) is 2.41. The number of ether oxygens (including phenoxy) is 1. The Kier molecular flexibility index (Phi) is 9.77. The maximum Gasteiger partial charge on any atom is 0.220 e. The lowest BCUT2D eigenvalue weighted by molar-refractivity contribution is -0.121. The minimum absolute atomic E-state index is 0. The van der Waals surface area contributed by atoms with E-state index in [-0.39, 0.29) is 24.1 Å². The fourth-order valence-electron chi connectivity index (χ4n) is 3.67. The molecule has 2 aromatic carbocycles.